The highest BCUT2D eigenvalue weighted by atomic mass is 19.2. The van der Waals surface area contributed by atoms with Crippen LogP contribution in [0.4, 0.5) is 22.0 Å². The van der Waals surface area contributed by atoms with Crippen LogP contribution < -0.4 is 4.74 Å². The molecule has 1 rings (SSSR count). The van der Waals surface area contributed by atoms with Crippen molar-refractivity contribution >= 4 is 5.91 Å². The second kappa shape index (κ2) is 6.88. The molecule has 0 aliphatic carbocycles. The van der Waals surface area contributed by atoms with Gasteiger partial charge >= 0.3 is 0 Å². The second-order valence-electron chi connectivity index (χ2n) is 3.91. The van der Waals surface area contributed by atoms with E-state index in [4.69, 9.17) is 5.26 Å². The van der Waals surface area contributed by atoms with Crippen molar-refractivity contribution in [3.8, 4) is 11.8 Å². The summed E-state index contributed by atoms with van der Waals surface area (Å²) in [6, 6.07) is 1.77. The normalized spacial score (nSPS) is 10.1. The van der Waals surface area contributed by atoms with Crippen LogP contribution in [0.3, 0.4) is 0 Å². The third-order valence-corrected chi connectivity index (χ3v) is 2.49. The highest BCUT2D eigenvalue weighted by Gasteiger charge is 2.27. The molecule has 0 bridgehead atoms. The third kappa shape index (κ3) is 3.59. The fourth-order valence-electron chi connectivity index (χ4n) is 1.30. The van der Waals surface area contributed by atoms with Crippen molar-refractivity contribution in [2.45, 2.75) is 6.42 Å². The van der Waals surface area contributed by atoms with E-state index in [9.17, 15) is 26.7 Å². The van der Waals surface area contributed by atoms with Crippen molar-refractivity contribution in [2.24, 2.45) is 0 Å². The maximum Gasteiger partial charge on any atom is 0.260 e. The molecule has 1 aromatic rings. The van der Waals surface area contributed by atoms with Gasteiger partial charge in [-0.05, 0) is 0 Å². The van der Waals surface area contributed by atoms with Crippen LogP contribution in [0.2, 0.25) is 0 Å². The lowest BCUT2D eigenvalue weighted by Gasteiger charge is -2.16. The molecule has 114 valence electrons. The Bertz CT molecular complexity index is 571. The lowest BCUT2D eigenvalue weighted by atomic mass is 10.2. The quantitative estimate of drug-likeness (QED) is 0.476. The number of hydrogen-bond donors (Lipinski definition) is 0. The van der Waals surface area contributed by atoms with Crippen molar-refractivity contribution in [3.05, 3.63) is 29.1 Å². The van der Waals surface area contributed by atoms with E-state index in [1.165, 1.54) is 7.05 Å². The monoisotopic (exact) mass is 308 g/mol. The molecule has 0 aliphatic rings. The summed E-state index contributed by atoms with van der Waals surface area (Å²) in [6.45, 7) is -0.893. The summed E-state index contributed by atoms with van der Waals surface area (Å²) in [5, 5.41) is 8.33. The first-order valence-corrected chi connectivity index (χ1v) is 5.56. The molecule has 0 atom stereocenters. The van der Waals surface area contributed by atoms with Crippen molar-refractivity contribution in [3.63, 3.8) is 0 Å². The molecule has 0 saturated heterocycles. The molecule has 1 amide bonds. The van der Waals surface area contributed by atoms with Crippen molar-refractivity contribution in [1.29, 1.82) is 5.26 Å². The maximum absolute atomic E-state index is 13.2. The minimum atomic E-state index is -2.31. The summed E-state index contributed by atoms with van der Waals surface area (Å²) in [7, 11) is 1.29. The van der Waals surface area contributed by atoms with Crippen molar-refractivity contribution in [1.82, 2.24) is 4.90 Å². The molecule has 0 spiro atoms. The number of nitriles is 1. The molecule has 0 unspecified atom stereocenters. The maximum atomic E-state index is 13.2. The topological polar surface area (TPSA) is 53.3 Å². The summed E-state index contributed by atoms with van der Waals surface area (Å²) in [6.07, 6.45) is 0.0186. The highest BCUT2D eigenvalue weighted by molar-refractivity contribution is 5.77. The predicted octanol–water partition coefficient (Wildman–Crippen LogP) is 2.13. The SMILES string of the molecule is CN(CCC#N)C(=O)COc1c(F)c(F)c(F)c(F)c1F. The van der Waals surface area contributed by atoms with Crippen molar-refractivity contribution in [2.75, 3.05) is 20.2 Å². The number of likely N-dealkylation sites (N-methyl/N-ethyl adjacent to an activating group) is 1. The number of amides is 1. The summed E-state index contributed by atoms with van der Waals surface area (Å²) >= 11 is 0. The first-order chi connectivity index (χ1) is 9.81. The second-order valence-corrected chi connectivity index (χ2v) is 3.91. The minimum Gasteiger partial charge on any atom is -0.477 e. The van der Waals surface area contributed by atoms with Gasteiger partial charge in [-0.15, -0.1) is 0 Å². The number of hydrogen-bond acceptors (Lipinski definition) is 3. The van der Waals surface area contributed by atoms with Gasteiger partial charge in [-0.1, -0.05) is 0 Å². The molecule has 0 radical (unpaired) electrons. The summed E-state index contributed by atoms with van der Waals surface area (Å²) in [5.74, 6) is -13.2. The van der Waals surface area contributed by atoms with Gasteiger partial charge in [0.2, 0.25) is 29.1 Å². The Kier molecular flexibility index (Phi) is 5.46. The van der Waals surface area contributed by atoms with E-state index in [-0.39, 0.29) is 13.0 Å². The van der Waals surface area contributed by atoms with E-state index in [0.29, 0.717) is 0 Å². The predicted molar refractivity (Wildman–Crippen MR) is 59.6 cm³/mol. The Balaban J connectivity index is 2.86. The summed E-state index contributed by atoms with van der Waals surface area (Å²) in [4.78, 5) is 12.5. The Hall–Kier alpha value is -2.37. The summed E-state index contributed by atoms with van der Waals surface area (Å²) in [5.41, 5.74) is 0. The molecule has 0 heterocycles. The third-order valence-electron chi connectivity index (χ3n) is 2.49. The molecule has 0 saturated carbocycles. The van der Waals surface area contributed by atoms with E-state index >= 15 is 0 Å². The summed E-state index contributed by atoms with van der Waals surface area (Å²) < 4.78 is 69.4. The lowest BCUT2D eigenvalue weighted by molar-refractivity contribution is -0.132. The van der Waals surface area contributed by atoms with E-state index in [0.717, 1.165) is 4.90 Å². The molecule has 0 fully saturated rings. The zero-order valence-electron chi connectivity index (χ0n) is 10.7. The van der Waals surface area contributed by atoms with Gasteiger partial charge in [0.25, 0.3) is 5.91 Å². The smallest absolute Gasteiger partial charge is 0.260 e. The van der Waals surface area contributed by atoms with E-state index < -0.39 is 47.3 Å². The van der Waals surface area contributed by atoms with Crippen LogP contribution in [-0.2, 0) is 4.79 Å². The standard InChI is InChI=1S/C12H9F5N2O2/c1-19(4-2-3-18)6(20)5-21-12-10(16)8(14)7(13)9(15)11(12)17/h2,4-5H2,1H3. The molecule has 4 nitrogen and oxygen atoms in total. The van der Waals surface area contributed by atoms with Gasteiger partial charge in [0, 0.05) is 13.6 Å². The number of carbonyl (C=O) groups excluding carboxylic acids is 1. The zero-order chi connectivity index (χ0) is 16.2. The average molecular weight is 308 g/mol. The van der Waals surface area contributed by atoms with Crippen LogP contribution in [0.5, 0.6) is 5.75 Å². The molecule has 0 aliphatic heterocycles. The minimum absolute atomic E-state index is 0.0186. The Morgan fingerprint density at radius 2 is 1.57 bits per heavy atom. The molecule has 9 heteroatoms. The number of carbonyl (C=O) groups is 1. The van der Waals surface area contributed by atoms with E-state index in [2.05, 4.69) is 4.74 Å². The molecule has 21 heavy (non-hydrogen) atoms. The molecule has 0 aromatic heterocycles. The molecule has 0 N–H and O–H groups in total. The van der Waals surface area contributed by atoms with Crippen molar-refractivity contribution < 1.29 is 31.5 Å². The van der Waals surface area contributed by atoms with Gasteiger partial charge in [0.15, 0.2) is 12.4 Å². The van der Waals surface area contributed by atoms with Gasteiger partial charge in [-0.3, -0.25) is 4.79 Å². The van der Waals surface area contributed by atoms with Crippen LogP contribution in [-0.4, -0.2) is 31.0 Å². The number of benzene rings is 1. The van der Waals surface area contributed by atoms with Crippen LogP contribution in [0.25, 0.3) is 0 Å². The number of ether oxygens (including phenoxy) is 1. The van der Waals surface area contributed by atoms with E-state index in [1.807, 2.05) is 0 Å². The fourth-order valence-corrected chi connectivity index (χ4v) is 1.30. The van der Waals surface area contributed by atoms with Gasteiger partial charge in [0.1, 0.15) is 0 Å². The average Bonchev–Trinajstić information content (AvgIpc) is 2.48. The largest absolute Gasteiger partial charge is 0.477 e. The zero-order valence-corrected chi connectivity index (χ0v) is 10.7. The molecular weight excluding hydrogens is 299 g/mol. The van der Waals surface area contributed by atoms with Crippen LogP contribution in [0.1, 0.15) is 6.42 Å². The molecular formula is C12H9F5N2O2. The van der Waals surface area contributed by atoms with Crippen LogP contribution in [0, 0.1) is 40.4 Å². The van der Waals surface area contributed by atoms with Crippen LogP contribution in [0.15, 0.2) is 0 Å². The Morgan fingerprint density at radius 3 is 2.05 bits per heavy atom. The van der Waals surface area contributed by atoms with Gasteiger partial charge in [-0.25, -0.2) is 13.2 Å². The number of halogens is 5. The van der Waals surface area contributed by atoms with E-state index in [1.54, 1.807) is 6.07 Å². The first-order valence-electron chi connectivity index (χ1n) is 5.56. The number of rotatable bonds is 5. The highest BCUT2D eigenvalue weighted by Crippen LogP contribution is 2.28. The van der Waals surface area contributed by atoms with Gasteiger partial charge < -0.3 is 9.64 Å². The molecule has 1 aromatic carbocycles. The Morgan fingerprint density at radius 1 is 1.10 bits per heavy atom. The lowest BCUT2D eigenvalue weighted by Crippen LogP contribution is -2.32. The van der Waals surface area contributed by atoms with Gasteiger partial charge in [0.05, 0.1) is 12.5 Å². The van der Waals surface area contributed by atoms with Crippen LogP contribution >= 0.6 is 0 Å². The van der Waals surface area contributed by atoms with Gasteiger partial charge in [-0.2, -0.15) is 14.0 Å². The first kappa shape index (κ1) is 16.7. The number of nitrogens with zero attached hydrogens (tertiary/aromatic N) is 2. The Labute approximate surface area is 116 Å². The fraction of sp³-hybridized carbons (Fsp3) is 0.333.